The van der Waals surface area contributed by atoms with Crippen LogP contribution in [0.3, 0.4) is 0 Å². The number of aliphatic hydroxyl groups is 1. The monoisotopic (exact) mass is 297 g/mol. The maximum absolute atomic E-state index is 11.7. The van der Waals surface area contributed by atoms with Gasteiger partial charge in [-0.05, 0) is 43.5 Å². The summed E-state index contributed by atoms with van der Waals surface area (Å²) in [5.41, 5.74) is 0.178. The lowest BCUT2D eigenvalue weighted by atomic mass is 10.0. The number of ether oxygens (including phenoxy) is 1. The van der Waals surface area contributed by atoms with Gasteiger partial charge in [-0.3, -0.25) is 4.79 Å². The molecule has 4 nitrogen and oxygen atoms in total. The van der Waals surface area contributed by atoms with Crippen LogP contribution in [0, 0.1) is 6.92 Å². The number of amides is 1. The molecule has 1 fully saturated rings. The molecule has 0 aromatic heterocycles. The quantitative estimate of drug-likeness (QED) is 0.878. The van der Waals surface area contributed by atoms with Gasteiger partial charge in [0.2, 0.25) is 0 Å². The van der Waals surface area contributed by atoms with Crippen molar-refractivity contribution in [2.45, 2.75) is 38.2 Å². The molecule has 1 saturated carbocycles. The molecule has 0 bridgehead atoms. The predicted octanol–water partition coefficient (Wildman–Crippen LogP) is 2.45. The Morgan fingerprint density at radius 3 is 2.80 bits per heavy atom. The molecule has 0 heterocycles. The number of carbonyl (C=O) groups excluding carboxylic acids is 1. The molecular formula is C15H20ClNO3. The Hall–Kier alpha value is -1.26. The first-order valence-corrected chi connectivity index (χ1v) is 7.24. The van der Waals surface area contributed by atoms with Crippen LogP contribution in [0.15, 0.2) is 18.2 Å². The maximum Gasteiger partial charge on any atom is 0.258 e. The normalized spacial score (nSPS) is 16.9. The number of aryl methyl sites for hydroxylation is 1. The molecule has 110 valence electrons. The molecule has 1 aliphatic carbocycles. The zero-order valence-electron chi connectivity index (χ0n) is 11.6. The lowest BCUT2D eigenvalue weighted by Crippen LogP contribution is -2.42. The van der Waals surface area contributed by atoms with Crippen molar-refractivity contribution < 1.29 is 14.6 Å². The van der Waals surface area contributed by atoms with E-state index in [1.807, 2.05) is 6.92 Å². The van der Waals surface area contributed by atoms with Gasteiger partial charge in [-0.25, -0.2) is 0 Å². The van der Waals surface area contributed by atoms with Gasteiger partial charge in [-0.2, -0.15) is 0 Å². The summed E-state index contributed by atoms with van der Waals surface area (Å²) in [6.07, 6.45) is 3.55. The third kappa shape index (κ3) is 4.12. The summed E-state index contributed by atoms with van der Waals surface area (Å²) in [5.74, 6) is 0.388. The summed E-state index contributed by atoms with van der Waals surface area (Å²) >= 11 is 5.92. The van der Waals surface area contributed by atoms with Crippen molar-refractivity contribution in [3.63, 3.8) is 0 Å². The number of nitrogens with one attached hydrogen (secondary N) is 1. The molecule has 20 heavy (non-hydrogen) atoms. The van der Waals surface area contributed by atoms with Crippen molar-refractivity contribution in [2.75, 3.05) is 13.2 Å². The molecule has 1 aromatic rings. The largest absolute Gasteiger partial charge is 0.484 e. The highest BCUT2D eigenvalue weighted by atomic mass is 35.5. The minimum Gasteiger partial charge on any atom is -0.484 e. The standard InChI is InChI=1S/C15H20ClNO3/c1-11-8-12(4-5-13(11)16)20-9-14(18)17-10-15(19)6-2-3-7-15/h4-5,8,19H,2-3,6-7,9-10H2,1H3,(H,17,18). The van der Waals surface area contributed by atoms with Crippen molar-refractivity contribution in [3.05, 3.63) is 28.8 Å². The van der Waals surface area contributed by atoms with Crippen LogP contribution in [0.1, 0.15) is 31.2 Å². The van der Waals surface area contributed by atoms with Crippen LogP contribution in [-0.2, 0) is 4.79 Å². The first kappa shape index (κ1) is 15.1. The minimum atomic E-state index is -0.730. The first-order valence-electron chi connectivity index (χ1n) is 6.87. The maximum atomic E-state index is 11.7. The van der Waals surface area contributed by atoms with Gasteiger partial charge < -0.3 is 15.2 Å². The third-order valence-corrected chi connectivity index (χ3v) is 4.07. The minimum absolute atomic E-state index is 0.0584. The summed E-state index contributed by atoms with van der Waals surface area (Å²) in [4.78, 5) is 11.7. The van der Waals surface area contributed by atoms with Crippen LogP contribution in [0.4, 0.5) is 0 Å². The topological polar surface area (TPSA) is 58.6 Å². The van der Waals surface area contributed by atoms with Crippen molar-refractivity contribution in [1.29, 1.82) is 0 Å². The molecular weight excluding hydrogens is 278 g/mol. The molecule has 1 aromatic carbocycles. The summed E-state index contributed by atoms with van der Waals surface area (Å²) < 4.78 is 5.40. The van der Waals surface area contributed by atoms with Crippen molar-refractivity contribution in [2.24, 2.45) is 0 Å². The van der Waals surface area contributed by atoms with E-state index < -0.39 is 5.60 Å². The average molecular weight is 298 g/mol. The Morgan fingerprint density at radius 2 is 2.15 bits per heavy atom. The molecule has 5 heteroatoms. The van der Waals surface area contributed by atoms with Crippen molar-refractivity contribution in [1.82, 2.24) is 5.32 Å². The summed E-state index contributed by atoms with van der Waals surface area (Å²) in [5, 5.41) is 13.5. The molecule has 0 unspecified atom stereocenters. The lowest BCUT2D eigenvalue weighted by molar-refractivity contribution is -0.124. The van der Waals surface area contributed by atoms with E-state index >= 15 is 0 Å². The van der Waals surface area contributed by atoms with E-state index in [0.717, 1.165) is 31.2 Å². The van der Waals surface area contributed by atoms with E-state index in [-0.39, 0.29) is 12.5 Å². The van der Waals surface area contributed by atoms with Gasteiger partial charge >= 0.3 is 0 Å². The number of carbonyl (C=O) groups is 1. The Balaban J connectivity index is 1.76. The Morgan fingerprint density at radius 1 is 1.45 bits per heavy atom. The van der Waals surface area contributed by atoms with Crippen LogP contribution >= 0.6 is 11.6 Å². The molecule has 0 saturated heterocycles. The van der Waals surface area contributed by atoms with E-state index in [4.69, 9.17) is 16.3 Å². The molecule has 0 aliphatic heterocycles. The Bertz CT molecular complexity index is 484. The van der Waals surface area contributed by atoms with E-state index in [2.05, 4.69) is 5.32 Å². The highest BCUT2D eigenvalue weighted by Crippen LogP contribution is 2.28. The second kappa shape index (κ2) is 6.46. The van der Waals surface area contributed by atoms with E-state index in [9.17, 15) is 9.90 Å². The van der Waals surface area contributed by atoms with Gasteiger partial charge in [-0.15, -0.1) is 0 Å². The predicted molar refractivity (Wildman–Crippen MR) is 78.1 cm³/mol. The summed E-state index contributed by atoms with van der Waals surface area (Å²) in [6.45, 7) is 2.12. The number of benzene rings is 1. The summed E-state index contributed by atoms with van der Waals surface area (Å²) in [6, 6.07) is 5.26. The average Bonchev–Trinajstić information content (AvgIpc) is 2.85. The third-order valence-electron chi connectivity index (χ3n) is 3.65. The molecule has 0 atom stereocenters. The number of hydrogen-bond acceptors (Lipinski definition) is 3. The van der Waals surface area contributed by atoms with Crippen LogP contribution in [-0.4, -0.2) is 29.8 Å². The molecule has 0 spiro atoms. The Labute approximate surface area is 124 Å². The van der Waals surface area contributed by atoms with Crippen LogP contribution in [0.5, 0.6) is 5.75 Å². The van der Waals surface area contributed by atoms with Gasteiger partial charge in [0.1, 0.15) is 5.75 Å². The van der Waals surface area contributed by atoms with Crippen LogP contribution < -0.4 is 10.1 Å². The van der Waals surface area contributed by atoms with Crippen molar-refractivity contribution in [3.8, 4) is 5.75 Å². The SMILES string of the molecule is Cc1cc(OCC(=O)NCC2(O)CCCC2)ccc1Cl. The highest BCUT2D eigenvalue weighted by molar-refractivity contribution is 6.31. The second-order valence-corrected chi connectivity index (χ2v) is 5.82. The second-order valence-electron chi connectivity index (χ2n) is 5.41. The van der Waals surface area contributed by atoms with Gasteiger partial charge in [0.15, 0.2) is 6.61 Å². The zero-order chi connectivity index (χ0) is 14.6. The van der Waals surface area contributed by atoms with E-state index in [1.165, 1.54) is 0 Å². The van der Waals surface area contributed by atoms with Crippen molar-refractivity contribution >= 4 is 17.5 Å². The molecule has 1 aliphatic rings. The number of halogens is 1. The lowest BCUT2D eigenvalue weighted by Gasteiger charge is -2.22. The fourth-order valence-corrected chi connectivity index (χ4v) is 2.50. The van der Waals surface area contributed by atoms with Gasteiger partial charge in [-0.1, -0.05) is 24.4 Å². The smallest absolute Gasteiger partial charge is 0.258 e. The number of rotatable bonds is 5. The number of hydrogen-bond donors (Lipinski definition) is 2. The van der Waals surface area contributed by atoms with Gasteiger partial charge in [0.25, 0.3) is 5.91 Å². The molecule has 0 radical (unpaired) electrons. The molecule has 2 N–H and O–H groups in total. The highest BCUT2D eigenvalue weighted by Gasteiger charge is 2.31. The van der Waals surface area contributed by atoms with E-state index in [1.54, 1.807) is 18.2 Å². The first-order chi connectivity index (χ1) is 9.48. The fourth-order valence-electron chi connectivity index (χ4n) is 2.38. The van der Waals surface area contributed by atoms with Crippen LogP contribution in [0.25, 0.3) is 0 Å². The zero-order valence-corrected chi connectivity index (χ0v) is 12.4. The summed E-state index contributed by atoms with van der Waals surface area (Å²) in [7, 11) is 0. The van der Waals surface area contributed by atoms with E-state index in [0.29, 0.717) is 17.3 Å². The molecule has 1 amide bonds. The van der Waals surface area contributed by atoms with Gasteiger partial charge in [0.05, 0.1) is 5.60 Å². The molecule has 2 rings (SSSR count). The van der Waals surface area contributed by atoms with Gasteiger partial charge in [0, 0.05) is 11.6 Å². The Kier molecular flexibility index (Phi) is 4.89. The van der Waals surface area contributed by atoms with Crippen LogP contribution in [0.2, 0.25) is 5.02 Å². The fraction of sp³-hybridized carbons (Fsp3) is 0.533.